The molecule has 0 aromatic heterocycles. The first kappa shape index (κ1) is 18.2. The topological polar surface area (TPSA) is 41.6 Å². The maximum Gasteiger partial charge on any atom is 0.226 e. The highest BCUT2D eigenvalue weighted by atomic mass is 16.5. The lowest BCUT2D eigenvalue weighted by Gasteiger charge is -2.61. The van der Waals surface area contributed by atoms with Crippen LogP contribution in [0.1, 0.15) is 65.7 Å². The van der Waals surface area contributed by atoms with Gasteiger partial charge in [0.05, 0.1) is 6.10 Å². The van der Waals surface area contributed by atoms with E-state index in [1.165, 1.54) is 32.1 Å². The highest BCUT2D eigenvalue weighted by molar-refractivity contribution is 5.79. The highest BCUT2D eigenvalue weighted by Gasteiger charge is 2.58. The number of ether oxygens (including phenoxy) is 1. The van der Waals surface area contributed by atoms with Crippen molar-refractivity contribution in [3.8, 4) is 0 Å². The summed E-state index contributed by atoms with van der Waals surface area (Å²) in [6.45, 7) is 10.2. The Hall–Kier alpha value is -0.610. The van der Waals surface area contributed by atoms with Crippen LogP contribution in [0, 0.1) is 17.3 Å². The van der Waals surface area contributed by atoms with E-state index in [-0.39, 0.29) is 11.3 Å². The van der Waals surface area contributed by atoms with Gasteiger partial charge in [0.15, 0.2) is 0 Å². The summed E-state index contributed by atoms with van der Waals surface area (Å²) in [5.74, 6) is 1.08. The van der Waals surface area contributed by atoms with Crippen molar-refractivity contribution in [3.63, 3.8) is 0 Å². The lowest BCUT2D eigenvalue weighted by atomic mass is 9.54. The molecule has 24 heavy (non-hydrogen) atoms. The summed E-state index contributed by atoms with van der Waals surface area (Å²) < 4.78 is 6.10. The van der Waals surface area contributed by atoms with Gasteiger partial charge in [0.2, 0.25) is 5.91 Å². The summed E-state index contributed by atoms with van der Waals surface area (Å²) in [7, 11) is 0. The van der Waals surface area contributed by atoms with E-state index in [9.17, 15) is 4.79 Å². The molecule has 4 heteroatoms. The van der Waals surface area contributed by atoms with Crippen LogP contribution < -0.4 is 5.32 Å². The molecular formula is C20H36N2O2. The molecule has 3 aliphatic rings. The van der Waals surface area contributed by atoms with Gasteiger partial charge in [-0.15, -0.1) is 0 Å². The average molecular weight is 337 g/mol. The summed E-state index contributed by atoms with van der Waals surface area (Å²) in [4.78, 5) is 15.5. The first-order valence-corrected chi connectivity index (χ1v) is 10.3. The second-order valence-corrected chi connectivity index (χ2v) is 8.23. The molecule has 1 N–H and O–H groups in total. The lowest BCUT2D eigenvalue weighted by Crippen LogP contribution is -2.67. The lowest BCUT2D eigenvalue weighted by molar-refractivity contribution is -0.191. The minimum absolute atomic E-state index is 0.157. The molecule has 0 radical (unpaired) electrons. The van der Waals surface area contributed by atoms with Gasteiger partial charge < -0.3 is 15.0 Å². The summed E-state index contributed by atoms with van der Waals surface area (Å²) >= 11 is 0. The molecule has 3 unspecified atom stereocenters. The van der Waals surface area contributed by atoms with Crippen LogP contribution in [0.25, 0.3) is 0 Å². The molecular weight excluding hydrogens is 300 g/mol. The van der Waals surface area contributed by atoms with Crippen LogP contribution in [0.3, 0.4) is 0 Å². The number of carbonyl (C=O) groups is 1. The van der Waals surface area contributed by atoms with E-state index in [0.717, 1.165) is 39.1 Å². The van der Waals surface area contributed by atoms with E-state index in [1.54, 1.807) is 0 Å². The molecule has 1 spiro atoms. The number of nitrogens with one attached hydrogen (secondary N) is 1. The summed E-state index contributed by atoms with van der Waals surface area (Å²) in [6, 6.07) is 0.414. The van der Waals surface area contributed by atoms with E-state index in [1.807, 2.05) is 0 Å². The van der Waals surface area contributed by atoms with Crippen molar-refractivity contribution >= 4 is 5.91 Å². The molecule has 0 bridgehead atoms. The predicted octanol–water partition coefficient (Wildman–Crippen LogP) is 3.21. The Labute approximate surface area is 147 Å². The van der Waals surface area contributed by atoms with Crippen LogP contribution >= 0.6 is 0 Å². The molecule has 1 saturated heterocycles. The number of hydrogen-bond acceptors (Lipinski definition) is 3. The predicted molar refractivity (Wildman–Crippen MR) is 96.9 cm³/mol. The normalized spacial score (nSPS) is 30.5. The monoisotopic (exact) mass is 336 g/mol. The third kappa shape index (κ3) is 3.12. The number of carbonyl (C=O) groups excluding carboxylic acids is 1. The molecule has 138 valence electrons. The maximum absolute atomic E-state index is 13.2. The maximum atomic E-state index is 13.2. The molecule has 2 saturated carbocycles. The molecule has 3 fully saturated rings. The largest absolute Gasteiger partial charge is 0.378 e. The van der Waals surface area contributed by atoms with Crippen molar-refractivity contribution in [1.29, 1.82) is 0 Å². The van der Waals surface area contributed by atoms with Crippen molar-refractivity contribution in [2.75, 3.05) is 26.2 Å². The Kier molecular flexibility index (Phi) is 5.86. The van der Waals surface area contributed by atoms with Gasteiger partial charge in [-0.1, -0.05) is 33.1 Å². The Morgan fingerprint density at radius 1 is 1.25 bits per heavy atom. The van der Waals surface area contributed by atoms with Crippen LogP contribution in [-0.4, -0.2) is 49.2 Å². The van der Waals surface area contributed by atoms with Gasteiger partial charge in [0, 0.05) is 30.5 Å². The first-order valence-electron chi connectivity index (χ1n) is 10.3. The van der Waals surface area contributed by atoms with Crippen LogP contribution in [0.2, 0.25) is 0 Å². The van der Waals surface area contributed by atoms with Gasteiger partial charge in [0.1, 0.15) is 0 Å². The van der Waals surface area contributed by atoms with Gasteiger partial charge in [-0.05, 0) is 51.6 Å². The number of amides is 1. The van der Waals surface area contributed by atoms with Crippen molar-refractivity contribution < 1.29 is 9.53 Å². The van der Waals surface area contributed by atoms with Gasteiger partial charge in [-0.3, -0.25) is 4.79 Å². The highest BCUT2D eigenvalue weighted by Crippen LogP contribution is 2.55. The van der Waals surface area contributed by atoms with Gasteiger partial charge in [-0.25, -0.2) is 0 Å². The number of hydrogen-bond donors (Lipinski definition) is 1. The van der Waals surface area contributed by atoms with Crippen molar-refractivity contribution in [2.24, 2.45) is 17.3 Å². The Morgan fingerprint density at radius 2 is 1.96 bits per heavy atom. The van der Waals surface area contributed by atoms with Crippen molar-refractivity contribution in [1.82, 2.24) is 10.2 Å². The average Bonchev–Trinajstić information content (AvgIpc) is 2.55. The van der Waals surface area contributed by atoms with Crippen molar-refractivity contribution in [2.45, 2.75) is 77.9 Å². The fourth-order valence-electron chi connectivity index (χ4n) is 5.25. The Balaban J connectivity index is 1.75. The van der Waals surface area contributed by atoms with E-state index >= 15 is 0 Å². The molecule has 3 atom stereocenters. The minimum atomic E-state index is 0.157. The molecule has 1 aliphatic heterocycles. The van der Waals surface area contributed by atoms with Crippen molar-refractivity contribution in [3.05, 3.63) is 0 Å². The zero-order chi connectivity index (χ0) is 17.2. The van der Waals surface area contributed by atoms with Crippen LogP contribution in [0.15, 0.2) is 0 Å². The zero-order valence-corrected chi connectivity index (χ0v) is 15.9. The molecule has 0 aromatic carbocycles. The van der Waals surface area contributed by atoms with Gasteiger partial charge in [-0.2, -0.15) is 0 Å². The van der Waals surface area contributed by atoms with Crippen LogP contribution in [-0.2, 0) is 9.53 Å². The summed E-state index contributed by atoms with van der Waals surface area (Å²) in [5, 5.41) is 3.32. The fourth-order valence-corrected chi connectivity index (χ4v) is 5.25. The summed E-state index contributed by atoms with van der Waals surface area (Å²) in [5.41, 5.74) is 0.247. The third-order valence-electron chi connectivity index (χ3n) is 6.93. The molecule has 1 heterocycles. The van der Waals surface area contributed by atoms with Gasteiger partial charge >= 0.3 is 0 Å². The third-order valence-corrected chi connectivity index (χ3v) is 6.93. The van der Waals surface area contributed by atoms with E-state index in [0.29, 0.717) is 24.0 Å². The molecule has 3 rings (SSSR count). The number of rotatable bonds is 7. The van der Waals surface area contributed by atoms with Gasteiger partial charge in [0.25, 0.3) is 0 Å². The Bertz CT molecular complexity index is 429. The first-order chi connectivity index (χ1) is 11.6. The second-order valence-electron chi connectivity index (χ2n) is 8.23. The van der Waals surface area contributed by atoms with Crippen LogP contribution in [0.5, 0.6) is 0 Å². The standard InChI is InChI=1S/C20H36N2O2/c1-4-11-22(19(23)15(3)16-13-21-14-16)17-12-18(24-5-2)20(17)9-7-6-8-10-20/h15-18,21H,4-14H2,1-3H3. The SMILES string of the molecule is CCCN(C(=O)C(C)C1CNC1)C1CC(OCC)C12CCCCC2. The molecule has 0 aromatic rings. The smallest absolute Gasteiger partial charge is 0.226 e. The van der Waals surface area contributed by atoms with E-state index in [2.05, 4.69) is 31.0 Å². The van der Waals surface area contributed by atoms with Crippen LogP contribution in [0.4, 0.5) is 0 Å². The fraction of sp³-hybridized carbons (Fsp3) is 0.950. The quantitative estimate of drug-likeness (QED) is 0.776. The number of nitrogens with zero attached hydrogens (tertiary/aromatic N) is 1. The Morgan fingerprint density at radius 3 is 2.50 bits per heavy atom. The van der Waals surface area contributed by atoms with E-state index in [4.69, 9.17) is 4.74 Å². The molecule has 1 amide bonds. The summed E-state index contributed by atoms with van der Waals surface area (Å²) in [6.07, 6.45) is 8.92. The molecule has 4 nitrogen and oxygen atoms in total. The second kappa shape index (κ2) is 7.74. The zero-order valence-electron chi connectivity index (χ0n) is 15.9. The van der Waals surface area contributed by atoms with E-state index < -0.39 is 0 Å². The molecule has 2 aliphatic carbocycles. The minimum Gasteiger partial charge on any atom is -0.378 e.